The van der Waals surface area contributed by atoms with Crippen molar-refractivity contribution >= 4 is 63.4 Å². The number of carbonyl (C=O) groups is 5. The minimum Gasteiger partial charge on any atom is -0.379 e. The molecule has 3 amide bonds. The highest BCUT2D eigenvalue weighted by molar-refractivity contribution is 6.39. The molecule has 0 radical (unpaired) electrons. The van der Waals surface area contributed by atoms with Gasteiger partial charge in [-0.3, -0.25) is 24.0 Å². The number of aromatic amines is 1. The van der Waals surface area contributed by atoms with Crippen LogP contribution in [0.15, 0.2) is 18.2 Å². The van der Waals surface area contributed by atoms with E-state index in [1.807, 2.05) is 0 Å². The lowest BCUT2D eigenvalue weighted by molar-refractivity contribution is -0.141. The van der Waals surface area contributed by atoms with Crippen LogP contribution in [-0.2, 0) is 23.9 Å². The molecule has 3 N–H and O–H groups in total. The molecule has 5 atom stereocenters. The third-order valence-electron chi connectivity index (χ3n) is 10.5. The second kappa shape index (κ2) is 14.4. The molecule has 2 aromatic rings. The maximum atomic E-state index is 14.1. The van der Waals surface area contributed by atoms with Crippen LogP contribution in [0.2, 0.25) is 10.0 Å². The van der Waals surface area contributed by atoms with Crippen LogP contribution in [0.3, 0.4) is 0 Å². The number of amides is 3. The van der Waals surface area contributed by atoms with Gasteiger partial charge in [0.15, 0.2) is 0 Å². The number of fused-ring (bicyclic) bond motifs is 2. The zero-order valence-corrected chi connectivity index (χ0v) is 27.5. The van der Waals surface area contributed by atoms with E-state index < -0.39 is 35.6 Å². The lowest BCUT2D eigenvalue weighted by Crippen LogP contribution is -2.55. The van der Waals surface area contributed by atoms with Crippen molar-refractivity contribution in [2.45, 2.75) is 82.7 Å². The number of ketones is 2. The molecule has 10 nitrogen and oxygen atoms in total. The summed E-state index contributed by atoms with van der Waals surface area (Å²) in [6.45, 7) is 1.52. The average molecular weight is 674 g/mol. The maximum absolute atomic E-state index is 14.1. The van der Waals surface area contributed by atoms with E-state index in [-0.39, 0.29) is 42.2 Å². The number of rotatable bonds is 12. The zero-order chi connectivity index (χ0) is 32.4. The molecule has 1 aromatic heterocycles. The van der Waals surface area contributed by atoms with Crippen molar-refractivity contribution < 1.29 is 28.7 Å². The normalized spacial score (nSPS) is 25.3. The van der Waals surface area contributed by atoms with Crippen LogP contribution in [0, 0.1) is 23.7 Å². The average Bonchev–Trinajstić information content (AvgIpc) is 3.85. The number of H-pyrrole nitrogens is 1. The number of hydrogen-bond donors (Lipinski definition) is 3. The molecule has 4 fully saturated rings. The number of benzene rings is 1. The molecular formula is C34H42Cl2N4O6. The molecule has 248 valence electrons. The van der Waals surface area contributed by atoms with Crippen LogP contribution >= 0.6 is 23.2 Å². The number of hydrogen-bond acceptors (Lipinski definition) is 6. The highest BCUT2D eigenvalue weighted by Crippen LogP contribution is 2.43. The molecule has 1 aromatic carbocycles. The van der Waals surface area contributed by atoms with E-state index in [0.29, 0.717) is 59.5 Å². The van der Waals surface area contributed by atoms with Crippen LogP contribution in [0.5, 0.6) is 0 Å². The van der Waals surface area contributed by atoms with Crippen molar-refractivity contribution in [1.29, 1.82) is 0 Å². The standard InChI is InChI=1S/C34H42Cl2N4O6/c35-22-14-25(36)24-16-28(38-26(24)15-22)34(45)40-17-21-8-3-9-23(21)30(40)32(43)39-27(13-20-7-4-10-29(20)41)31(42)33(44)37-11-12-46-18-19-5-1-2-6-19/h14-16,19-21,23,27,30,38H,1-13,17-18H2,(H,37,44)(H,39,43)/t20-,21-,23-,27-,30-/m0/s1. The Morgan fingerprint density at radius 3 is 2.57 bits per heavy atom. The van der Waals surface area contributed by atoms with E-state index in [0.717, 1.165) is 38.5 Å². The Morgan fingerprint density at radius 1 is 1.00 bits per heavy atom. The molecule has 0 spiro atoms. The Hall–Kier alpha value is -2.95. The van der Waals surface area contributed by atoms with E-state index in [2.05, 4.69) is 15.6 Å². The second-order valence-electron chi connectivity index (χ2n) is 13.5. The third kappa shape index (κ3) is 7.14. The summed E-state index contributed by atoms with van der Waals surface area (Å²) < 4.78 is 5.71. The van der Waals surface area contributed by atoms with Crippen LogP contribution in [-0.4, -0.2) is 77.6 Å². The van der Waals surface area contributed by atoms with Crippen LogP contribution in [0.25, 0.3) is 10.9 Å². The number of nitrogens with zero attached hydrogens (tertiary/aromatic N) is 1. The van der Waals surface area contributed by atoms with Gasteiger partial charge in [0.1, 0.15) is 17.5 Å². The van der Waals surface area contributed by atoms with Gasteiger partial charge in [-0.05, 0) is 80.9 Å². The fourth-order valence-corrected chi connectivity index (χ4v) is 8.65. The largest absolute Gasteiger partial charge is 0.379 e. The Bertz CT molecular complexity index is 1500. The predicted molar refractivity (Wildman–Crippen MR) is 174 cm³/mol. The van der Waals surface area contributed by atoms with Gasteiger partial charge in [0, 0.05) is 48.0 Å². The second-order valence-corrected chi connectivity index (χ2v) is 14.3. The van der Waals surface area contributed by atoms with E-state index in [4.69, 9.17) is 27.9 Å². The van der Waals surface area contributed by atoms with E-state index >= 15 is 0 Å². The summed E-state index contributed by atoms with van der Waals surface area (Å²) in [4.78, 5) is 71.7. The molecule has 0 bridgehead atoms. The zero-order valence-electron chi connectivity index (χ0n) is 26.0. The molecule has 3 saturated carbocycles. The third-order valence-corrected chi connectivity index (χ3v) is 11.0. The summed E-state index contributed by atoms with van der Waals surface area (Å²) in [7, 11) is 0. The van der Waals surface area contributed by atoms with Gasteiger partial charge in [0.2, 0.25) is 11.7 Å². The minimum atomic E-state index is -1.18. The Balaban J connectivity index is 1.15. The number of ether oxygens (including phenoxy) is 1. The highest BCUT2D eigenvalue weighted by Gasteiger charge is 2.50. The molecule has 0 unspecified atom stereocenters. The van der Waals surface area contributed by atoms with Crippen LogP contribution in [0.1, 0.15) is 81.1 Å². The van der Waals surface area contributed by atoms with Gasteiger partial charge < -0.3 is 25.3 Å². The van der Waals surface area contributed by atoms with Crippen molar-refractivity contribution in [3.05, 3.63) is 33.9 Å². The molecule has 6 rings (SSSR count). The van der Waals surface area contributed by atoms with Crippen LogP contribution < -0.4 is 10.6 Å². The van der Waals surface area contributed by atoms with Gasteiger partial charge in [-0.1, -0.05) is 42.5 Å². The number of halogens is 2. The summed E-state index contributed by atoms with van der Waals surface area (Å²) in [6, 6.07) is 2.97. The van der Waals surface area contributed by atoms with Crippen molar-refractivity contribution in [3.8, 4) is 0 Å². The Morgan fingerprint density at radius 2 is 1.80 bits per heavy atom. The molecular weight excluding hydrogens is 631 g/mol. The van der Waals surface area contributed by atoms with Gasteiger partial charge in [0.25, 0.3) is 11.8 Å². The number of nitrogens with one attached hydrogen (secondary N) is 3. The molecule has 1 saturated heterocycles. The first-order valence-corrected chi connectivity index (χ1v) is 17.5. The molecule has 2 heterocycles. The summed E-state index contributed by atoms with van der Waals surface area (Å²) in [5.74, 6) is -2.15. The van der Waals surface area contributed by atoms with Crippen molar-refractivity contribution in [2.75, 3.05) is 26.3 Å². The first-order valence-electron chi connectivity index (χ1n) is 16.7. The smallest absolute Gasteiger partial charge is 0.289 e. The number of Topliss-reactive ketones (excluding diaryl/α,β-unsaturated/α-hetero) is 2. The maximum Gasteiger partial charge on any atom is 0.289 e. The first-order chi connectivity index (χ1) is 22.2. The number of aromatic nitrogens is 1. The lowest BCUT2D eigenvalue weighted by atomic mass is 9.91. The van der Waals surface area contributed by atoms with Crippen molar-refractivity contribution in [3.63, 3.8) is 0 Å². The monoisotopic (exact) mass is 672 g/mol. The molecule has 46 heavy (non-hydrogen) atoms. The lowest BCUT2D eigenvalue weighted by Gasteiger charge is -2.29. The van der Waals surface area contributed by atoms with E-state index in [1.165, 1.54) is 12.8 Å². The van der Waals surface area contributed by atoms with Crippen molar-refractivity contribution in [2.24, 2.45) is 23.7 Å². The first kappa shape index (κ1) is 33.0. The fraction of sp³-hybridized carbons (Fsp3) is 0.618. The summed E-state index contributed by atoms with van der Waals surface area (Å²) in [5, 5.41) is 6.97. The summed E-state index contributed by atoms with van der Waals surface area (Å²) in [6.07, 6.45) is 9.20. The topological polar surface area (TPSA) is 138 Å². The predicted octanol–water partition coefficient (Wildman–Crippen LogP) is 4.85. The van der Waals surface area contributed by atoms with Crippen molar-refractivity contribution in [1.82, 2.24) is 20.5 Å². The van der Waals surface area contributed by atoms with Gasteiger partial charge >= 0.3 is 0 Å². The minimum absolute atomic E-state index is 0.0406. The highest BCUT2D eigenvalue weighted by atomic mass is 35.5. The molecule has 3 aliphatic carbocycles. The van der Waals surface area contributed by atoms with Gasteiger partial charge in [-0.25, -0.2) is 0 Å². The molecule has 1 aliphatic heterocycles. The quantitative estimate of drug-likeness (QED) is 0.218. The van der Waals surface area contributed by atoms with Crippen LogP contribution in [0.4, 0.5) is 0 Å². The number of likely N-dealkylation sites (tertiary alicyclic amines) is 1. The Labute approximate surface area is 278 Å². The van der Waals surface area contributed by atoms with Gasteiger partial charge in [0.05, 0.1) is 17.7 Å². The van der Waals surface area contributed by atoms with Gasteiger partial charge in [-0.2, -0.15) is 0 Å². The Kier molecular flexibility index (Phi) is 10.3. The molecule has 12 heteroatoms. The fourth-order valence-electron chi connectivity index (χ4n) is 8.10. The van der Waals surface area contributed by atoms with E-state index in [1.54, 1.807) is 23.1 Å². The molecule has 4 aliphatic rings. The van der Waals surface area contributed by atoms with Gasteiger partial charge in [-0.15, -0.1) is 0 Å². The summed E-state index contributed by atoms with van der Waals surface area (Å²) in [5.41, 5.74) is 0.902. The van der Waals surface area contributed by atoms with E-state index in [9.17, 15) is 24.0 Å². The summed E-state index contributed by atoms with van der Waals surface area (Å²) >= 11 is 12.5. The SMILES string of the molecule is O=C(NCCOCC1CCCC1)C(=O)[C@H](C[C@@H]1CCCC1=O)NC(=O)[C@@H]1[C@H]2CCC[C@H]2CN1C(=O)c1cc2c(Cl)cc(Cl)cc2[nH]1. The number of carbonyl (C=O) groups excluding carboxylic acids is 5.